The summed E-state index contributed by atoms with van der Waals surface area (Å²) in [6.45, 7) is 3.40. The number of hydrogen-bond donors (Lipinski definition) is 1. The van der Waals surface area contributed by atoms with Crippen molar-refractivity contribution in [2.75, 3.05) is 11.1 Å². The van der Waals surface area contributed by atoms with E-state index in [9.17, 15) is 13.2 Å². The van der Waals surface area contributed by atoms with Gasteiger partial charge in [-0.15, -0.1) is 5.10 Å². The molecular weight excluding hydrogens is 358 g/mol. The fourth-order valence-corrected chi connectivity index (χ4v) is 3.22. The number of sulfone groups is 1. The Bertz CT molecular complexity index is 1050. The van der Waals surface area contributed by atoms with Crippen LogP contribution in [0.25, 0.3) is 11.6 Å². The molecule has 0 fully saturated rings. The SMILES string of the molecule is CCS(=O)(=O)c1ccc(C(=O)Nc2nnc(-c3cc(C)nn3C)o2)cc1. The first-order chi connectivity index (χ1) is 12.3. The first-order valence-electron chi connectivity index (χ1n) is 7.79. The number of anilines is 1. The van der Waals surface area contributed by atoms with Crippen LogP contribution in [0.3, 0.4) is 0 Å². The minimum Gasteiger partial charge on any atom is -0.401 e. The molecule has 3 rings (SSSR count). The van der Waals surface area contributed by atoms with Gasteiger partial charge in [0, 0.05) is 12.6 Å². The lowest BCUT2D eigenvalue weighted by Crippen LogP contribution is -2.12. The maximum absolute atomic E-state index is 12.3. The number of nitrogens with zero attached hydrogens (tertiary/aromatic N) is 4. The van der Waals surface area contributed by atoms with E-state index in [4.69, 9.17) is 4.42 Å². The lowest BCUT2D eigenvalue weighted by Gasteiger charge is -2.03. The summed E-state index contributed by atoms with van der Waals surface area (Å²) in [6, 6.07) is 7.37. The van der Waals surface area contributed by atoms with Crippen LogP contribution in [0, 0.1) is 6.92 Å². The van der Waals surface area contributed by atoms with E-state index in [2.05, 4.69) is 20.6 Å². The van der Waals surface area contributed by atoms with Gasteiger partial charge in [-0.1, -0.05) is 12.0 Å². The van der Waals surface area contributed by atoms with Gasteiger partial charge in [0.1, 0.15) is 5.69 Å². The Labute approximate surface area is 150 Å². The molecular formula is C16H17N5O4S. The average Bonchev–Trinajstić information content (AvgIpc) is 3.20. The molecule has 1 N–H and O–H groups in total. The maximum atomic E-state index is 12.3. The molecule has 0 saturated carbocycles. The van der Waals surface area contributed by atoms with Crippen molar-refractivity contribution in [3.8, 4) is 11.6 Å². The number of hydrogen-bond acceptors (Lipinski definition) is 7. The van der Waals surface area contributed by atoms with Crippen LogP contribution in [-0.4, -0.2) is 40.1 Å². The molecule has 2 aromatic heterocycles. The Kier molecular flexibility index (Phi) is 4.60. The molecule has 1 amide bonds. The van der Waals surface area contributed by atoms with Gasteiger partial charge in [0.2, 0.25) is 0 Å². The second-order valence-corrected chi connectivity index (χ2v) is 7.87. The molecule has 0 bridgehead atoms. The smallest absolute Gasteiger partial charge is 0.322 e. The Hall–Kier alpha value is -3.01. The van der Waals surface area contributed by atoms with Crippen molar-refractivity contribution in [2.24, 2.45) is 7.05 Å². The molecule has 0 aliphatic rings. The second kappa shape index (κ2) is 6.71. The predicted octanol–water partition coefficient (Wildman–Crippen LogP) is 1.82. The molecule has 0 aliphatic heterocycles. The van der Waals surface area contributed by atoms with Gasteiger partial charge in [0.05, 0.1) is 16.3 Å². The summed E-state index contributed by atoms with van der Waals surface area (Å²) in [5.74, 6) is -0.258. The van der Waals surface area contributed by atoms with Crippen molar-refractivity contribution in [1.29, 1.82) is 0 Å². The highest BCUT2D eigenvalue weighted by atomic mass is 32.2. The number of aryl methyl sites for hydroxylation is 2. The number of rotatable bonds is 5. The molecule has 0 radical (unpaired) electrons. The molecule has 0 aliphatic carbocycles. The second-order valence-electron chi connectivity index (χ2n) is 5.59. The molecule has 2 heterocycles. The van der Waals surface area contributed by atoms with E-state index < -0.39 is 15.7 Å². The molecule has 136 valence electrons. The predicted molar refractivity (Wildman–Crippen MR) is 93.4 cm³/mol. The summed E-state index contributed by atoms with van der Waals surface area (Å²) in [5.41, 5.74) is 1.70. The lowest BCUT2D eigenvalue weighted by molar-refractivity contribution is 0.102. The summed E-state index contributed by atoms with van der Waals surface area (Å²) in [5, 5.41) is 14.4. The average molecular weight is 375 g/mol. The molecule has 9 nitrogen and oxygen atoms in total. The number of nitrogens with one attached hydrogen (secondary N) is 1. The largest absolute Gasteiger partial charge is 0.401 e. The highest BCUT2D eigenvalue weighted by Crippen LogP contribution is 2.20. The van der Waals surface area contributed by atoms with Crippen LogP contribution in [0.2, 0.25) is 0 Å². The lowest BCUT2D eigenvalue weighted by atomic mass is 10.2. The molecule has 1 aromatic carbocycles. The van der Waals surface area contributed by atoms with Crippen LogP contribution in [0.4, 0.5) is 6.01 Å². The van der Waals surface area contributed by atoms with Crippen LogP contribution in [0.1, 0.15) is 23.0 Å². The van der Waals surface area contributed by atoms with Crippen molar-refractivity contribution in [3.63, 3.8) is 0 Å². The van der Waals surface area contributed by atoms with Crippen molar-refractivity contribution >= 4 is 21.8 Å². The quantitative estimate of drug-likeness (QED) is 0.722. The zero-order chi connectivity index (χ0) is 18.9. The van der Waals surface area contributed by atoms with E-state index in [1.165, 1.54) is 24.3 Å². The van der Waals surface area contributed by atoms with E-state index in [1.54, 1.807) is 24.7 Å². The standard InChI is InChI=1S/C16H17N5O4S/c1-4-26(23,24)12-7-5-11(6-8-12)14(22)17-16-19-18-15(25-16)13-9-10(2)20-21(13)3/h5-9H,4H2,1-3H3,(H,17,19,22). The van der Waals surface area contributed by atoms with Gasteiger partial charge in [-0.2, -0.15) is 5.10 Å². The van der Waals surface area contributed by atoms with Crippen LogP contribution < -0.4 is 5.32 Å². The van der Waals surface area contributed by atoms with E-state index in [0.29, 0.717) is 5.69 Å². The minimum atomic E-state index is -3.31. The number of carbonyl (C=O) groups is 1. The summed E-state index contributed by atoms with van der Waals surface area (Å²) in [6.07, 6.45) is 0. The van der Waals surface area contributed by atoms with Crippen LogP contribution in [0.5, 0.6) is 0 Å². The van der Waals surface area contributed by atoms with Gasteiger partial charge < -0.3 is 4.42 Å². The van der Waals surface area contributed by atoms with Gasteiger partial charge in [-0.3, -0.25) is 14.8 Å². The fourth-order valence-electron chi connectivity index (χ4n) is 2.34. The molecule has 0 spiro atoms. The van der Waals surface area contributed by atoms with Crippen LogP contribution in [0.15, 0.2) is 39.6 Å². The third-order valence-electron chi connectivity index (χ3n) is 3.72. The van der Waals surface area contributed by atoms with E-state index in [0.717, 1.165) is 5.69 Å². The van der Waals surface area contributed by atoms with Gasteiger partial charge in [-0.05, 0) is 37.3 Å². The van der Waals surface area contributed by atoms with Gasteiger partial charge in [0.25, 0.3) is 11.8 Å². The van der Waals surface area contributed by atoms with Crippen LogP contribution in [-0.2, 0) is 16.9 Å². The molecule has 3 aromatic rings. The Morgan fingerprint density at radius 1 is 1.23 bits per heavy atom. The van der Waals surface area contributed by atoms with Gasteiger partial charge in [0.15, 0.2) is 9.84 Å². The number of benzene rings is 1. The normalized spacial score (nSPS) is 11.5. The van der Waals surface area contributed by atoms with Crippen molar-refractivity contribution in [2.45, 2.75) is 18.7 Å². The molecule has 10 heteroatoms. The third kappa shape index (κ3) is 3.49. The molecule has 0 atom stereocenters. The zero-order valence-corrected chi connectivity index (χ0v) is 15.2. The van der Waals surface area contributed by atoms with Gasteiger partial charge in [-0.25, -0.2) is 8.42 Å². The third-order valence-corrected chi connectivity index (χ3v) is 5.47. The van der Waals surface area contributed by atoms with E-state index in [1.807, 2.05) is 6.92 Å². The summed E-state index contributed by atoms with van der Waals surface area (Å²) in [4.78, 5) is 12.4. The van der Waals surface area contributed by atoms with Gasteiger partial charge >= 0.3 is 6.01 Å². The van der Waals surface area contributed by atoms with Crippen molar-refractivity contribution in [3.05, 3.63) is 41.6 Å². The summed E-state index contributed by atoms with van der Waals surface area (Å²) in [7, 11) is -1.56. The number of carbonyl (C=O) groups excluding carboxylic acids is 1. The van der Waals surface area contributed by atoms with Crippen LogP contribution >= 0.6 is 0 Å². The van der Waals surface area contributed by atoms with E-state index in [-0.39, 0.29) is 28.1 Å². The first kappa shape index (κ1) is 17.8. The maximum Gasteiger partial charge on any atom is 0.322 e. The monoisotopic (exact) mass is 375 g/mol. The van der Waals surface area contributed by atoms with Crippen molar-refractivity contribution < 1.29 is 17.6 Å². The minimum absolute atomic E-state index is 0.00318. The van der Waals surface area contributed by atoms with Crippen molar-refractivity contribution in [1.82, 2.24) is 20.0 Å². The first-order valence-corrected chi connectivity index (χ1v) is 9.44. The highest BCUT2D eigenvalue weighted by molar-refractivity contribution is 7.91. The Morgan fingerprint density at radius 2 is 1.92 bits per heavy atom. The highest BCUT2D eigenvalue weighted by Gasteiger charge is 2.17. The molecule has 0 saturated heterocycles. The Morgan fingerprint density at radius 3 is 2.50 bits per heavy atom. The topological polar surface area (TPSA) is 120 Å². The van der Waals surface area contributed by atoms with E-state index >= 15 is 0 Å². The summed E-state index contributed by atoms with van der Waals surface area (Å²) < 4.78 is 30.6. The summed E-state index contributed by atoms with van der Waals surface area (Å²) >= 11 is 0. The molecule has 0 unspecified atom stereocenters. The molecule has 26 heavy (non-hydrogen) atoms. The zero-order valence-electron chi connectivity index (χ0n) is 14.4. The Balaban J connectivity index is 1.76. The fraction of sp³-hybridized carbons (Fsp3) is 0.250. The number of amides is 1. The number of aromatic nitrogens is 4.